The third-order valence-corrected chi connectivity index (χ3v) is 5.33. The molecule has 1 heterocycles. The number of aromatic amines is 1. The third kappa shape index (κ3) is 10.5. The second-order valence-electron chi connectivity index (χ2n) is 8.44. The fourth-order valence-electron chi connectivity index (χ4n) is 3.41. The zero-order chi connectivity index (χ0) is 28.1. The summed E-state index contributed by atoms with van der Waals surface area (Å²) >= 11 is 0. The van der Waals surface area contributed by atoms with Crippen molar-refractivity contribution in [1.82, 2.24) is 25.9 Å². The number of aliphatic carboxylic acids is 1. The molecule has 0 spiro atoms. The highest BCUT2D eigenvalue weighted by Gasteiger charge is 2.29. The van der Waals surface area contributed by atoms with Crippen molar-refractivity contribution in [1.29, 1.82) is 0 Å². The van der Waals surface area contributed by atoms with Gasteiger partial charge in [0.25, 0.3) is 0 Å². The van der Waals surface area contributed by atoms with Gasteiger partial charge in [-0.25, -0.2) is 4.98 Å². The van der Waals surface area contributed by atoms with Crippen LogP contribution in [0.2, 0.25) is 0 Å². The molecule has 206 valence electrons. The van der Waals surface area contributed by atoms with Gasteiger partial charge in [0.1, 0.15) is 24.4 Å². The van der Waals surface area contributed by atoms with Crippen LogP contribution in [0.25, 0.3) is 0 Å². The fraction of sp³-hybridized carbons (Fsp3) is 0.391. The number of aliphatic imine (C=N–C) groups is 1. The molecule has 0 bridgehead atoms. The van der Waals surface area contributed by atoms with Crippen LogP contribution in [0.15, 0.2) is 41.8 Å². The summed E-state index contributed by atoms with van der Waals surface area (Å²) in [5, 5.41) is 25.7. The molecule has 0 aliphatic rings. The predicted molar refractivity (Wildman–Crippen MR) is 136 cm³/mol. The Bertz CT molecular complexity index is 1100. The number of phenolic OH excluding ortho intramolecular Hbond substituents is 1. The van der Waals surface area contributed by atoms with Gasteiger partial charge in [-0.2, -0.15) is 0 Å². The van der Waals surface area contributed by atoms with E-state index in [1.54, 1.807) is 12.1 Å². The minimum absolute atomic E-state index is 0.0148. The van der Waals surface area contributed by atoms with Crippen LogP contribution in [0.3, 0.4) is 0 Å². The minimum Gasteiger partial charge on any atom is -0.508 e. The molecule has 12 N–H and O–H groups in total. The van der Waals surface area contributed by atoms with Crippen LogP contribution in [-0.4, -0.2) is 81.0 Å². The van der Waals surface area contributed by atoms with Crippen molar-refractivity contribution in [3.63, 3.8) is 0 Å². The summed E-state index contributed by atoms with van der Waals surface area (Å²) < 4.78 is 0. The Hall–Kier alpha value is -4.66. The molecule has 0 saturated carbocycles. The van der Waals surface area contributed by atoms with Gasteiger partial charge in [-0.3, -0.25) is 24.2 Å². The number of carboxylic acids is 1. The Labute approximate surface area is 218 Å². The van der Waals surface area contributed by atoms with Gasteiger partial charge < -0.3 is 48.3 Å². The van der Waals surface area contributed by atoms with E-state index in [0.717, 1.165) is 0 Å². The van der Waals surface area contributed by atoms with E-state index in [2.05, 4.69) is 30.9 Å². The monoisotopic (exact) mass is 531 g/mol. The Kier molecular flexibility index (Phi) is 11.5. The van der Waals surface area contributed by atoms with Gasteiger partial charge in [0, 0.05) is 24.9 Å². The third-order valence-electron chi connectivity index (χ3n) is 5.33. The standard InChI is InChI=1S/C23H33N9O6/c24-16(8-13-3-5-15(33)6-4-13)20(36)32-18(9-14-10-27-12-30-14)22(38)31-17(2-1-7-28-23(25)26)21(37)29-11-19(34)35/h3-6,10,12,16-18,33H,1-2,7-9,11,24H2,(H,27,30)(H,29,37)(H,31,38)(H,32,36)(H,34,35)(H4,25,26,28)/t16-,17-,18-/m0/s1. The van der Waals surface area contributed by atoms with E-state index in [4.69, 9.17) is 22.3 Å². The zero-order valence-electron chi connectivity index (χ0n) is 20.6. The Morgan fingerprint density at radius 3 is 2.29 bits per heavy atom. The van der Waals surface area contributed by atoms with Crippen molar-refractivity contribution in [3.05, 3.63) is 48.0 Å². The summed E-state index contributed by atoms with van der Waals surface area (Å²) in [6.45, 7) is -0.457. The van der Waals surface area contributed by atoms with Crippen LogP contribution in [-0.2, 0) is 32.0 Å². The van der Waals surface area contributed by atoms with E-state index >= 15 is 0 Å². The van der Waals surface area contributed by atoms with Crippen LogP contribution < -0.4 is 33.2 Å². The number of nitrogens with one attached hydrogen (secondary N) is 4. The van der Waals surface area contributed by atoms with Crippen molar-refractivity contribution >= 4 is 29.7 Å². The van der Waals surface area contributed by atoms with E-state index in [1.807, 2.05) is 0 Å². The van der Waals surface area contributed by atoms with Gasteiger partial charge in [-0.05, 0) is 37.0 Å². The number of rotatable bonds is 15. The molecule has 15 nitrogen and oxygen atoms in total. The van der Waals surface area contributed by atoms with Gasteiger partial charge >= 0.3 is 5.97 Å². The maximum Gasteiger partial charge on any atom is 0.322 e. The molecule has 1 aromatic heterocycles. The van der Waals surface area contributed by atoms with Crippen molar-refractivity contribution in [2.75, 3.05) is 13.1 Å². The van der Waals surface area contributed by atoms with Crippen molar-refractivity contribution in [3.8, 4) is 5.75 Å². The number of phenols is 1. The first-order valence-electron chi connectivity index (χ1n) is 11.7. The van der Waals surface area contributed by atoms with Crippen molar-refractivity contribution in [2.45, 2.75) is 43.8 Å². The molecule has 15 heteroatoms. The maximum absolute atomic E-state index is 13.2. The number of imidazole rings is 1. The molecule has 0 aliphatic heterocycles. The first kappa shape index (κ1) is 29.6. The van der Waals surface area contributed by atoms with E-state index in [9.17, 15) is 24.3 Å². The molecule has 38 heavy (non-hydrogen) atoms. The number of benzene rings is 1. The number of carbonyl (C=O) groups is 4. The molecule has 0 radical (unpaired) electrons. The van der Waals surface area contributed by atoms with Crippen LogP contribution in [0.5, 0.6) is 5.75 Å². The second-order valence-corrected chi connectivity index (χ2v) is 8.44. The smallest absolute Gasteiger partial charge is 0.322 e. The predicted octanol–water partition coefficient (Wildman–Crippen LogP) is -2.55. The van der Waals surface area contributed by atoms with Gasteiger partial charge in [-0.15, -0.1) is 0 Å². The van der Waals surface area contributed by atoms with Gasteiger partial charge in [-0.1, -0.05) is 12.1 Å². The summed E-state index contributed by atoms with van der Waals surface area (Å²) in [4.78, 5) is 60.1. The Balaban J connectivity index is 2.13. The summed E-state index contributed by atoms with van der Waals surface area (Å²) in [5.74, 6) is -3.34. The number of nitrogens with two attached hydrogens (primary N) is 3. The zero-order valence-corrected chi connectivity index (χ0v) is 20.6. The number of guanidine groups is 1. The summed E-state index contributed by atoms with van der Waals surface area (Å²) in [7, 11) is 0. The largest absolute Gasteiger partial charge is 0.508 e. The summed E-state index contributed by atoms with van der Waals surface area (Å²) in [5.41, 5.74) is 17.9. The Morgan fingerprint density at radius 1 is 1.00 bits per heavy atom. The van der Waals surface area contributed by atoms with Crippen LogP contribution in [0, 0.1) is 0 Å². The lowest BCUT2D eigenvalue weighted by molar-refractivity contribution is -0.138. The quantitative estimate of drug-likeness (QED) is 0.0659. The number of hydrogen-bond donors (Lipinski definition) is 9. The SMILES string of the molecule is NC(N)=NCCC[C@H](NC(=O)[C@H](Cc1cnc[nH]1)NC(=O)[C@@H](N)Cc1ccc(O)cc1)C(=O)NCC(=O)O. The van der Waals surface area contributed by atoms with Crippen LogP contribution in [0.4, 0.5) is 0 Å². The Morgan fingerprint density at radius 2 is 1.68 bits per heavy atom. The van der Waals surface area contributed by atoms with E-state index < -0.39 is 48.4 Å². The molecule has 3 amide bonds. The molecule has 2 aromatic rings. The molecule has 0 fully saturated rings. The molecular formula is C23H33N9O6. The first-order chi connectivity index (χ1) is 18.0. The molecular weight excluding hydrogens is 498 g/mol. The number of carbonyl (C=O) groups excluding carboxylic acids is 3. The molecule has 0 unspecified atom stereocenters. The number of hydrogen-bond acceptors (Lipinski definition) is 8. The number of carboxylic acid groups (broad SMARTS) is 1. The van der Waals surface area contributed by atoms with Gasteiger partial charge in [0.15, 0.2) is 5.96 Å². The average Bonchev–Trinajstić information content (AvgIpc) is 3.38. The molecule has 2 rings (SSSR count). The number of aromatic nitrogens is 2. The lowest BCUT2D eigenvalue weighted by Gasteiger charge is -2.24. The first-order valence-corrected chi connectivity index (χ1v) is 11.7. The highest BCUT2D eigenvalue weighted by atomic mass is 16.4. The van der Waals surface area contributed by atoms with E-state index in [0.29, 0.717) is 17.7 Å². The number of amides is 3. The normalized spacial score (nSPS) is 13.0. The minimum atomic E-state index is -1.25. The summed E-state index contributed by atoms with van der Waals surface area (Å²) in [6, 6.07) is 2.92. The fourth-order valence-corrected chi connectivity index (χ4v) is 3.41. The van der Waals surface area contributed by atoms with Crippen molar-refractivity contribution < 1.29 is 29.4 Å². The average molecular weight is 532 g/mol. The molecule has 0 saturated heterocycles. The van der Waals surface area contributed by atoms with E-state index in [-0.39, 0.29) is 37.5 Å². The van der Waals surface area contributed by atoms with Crippen LogP contribution in [0.1, 0.15) is 24.1 Å². The number of nitrogens with zero attached hydrogens (tertiary/aromatic N) is 2. The molecule has 0 aliphatic carbocycles. The summed E-state index contributed by atoms with van der Waals surface area (Å²) in [6.07, 6.45) is 3.46. The molecule has 1 aromatic carbocycles. The second kappa shape index (κ2) is 14.8. The van der Waals surface area contributed by atoms with E-state index in [1.165, 1.54) is 24.7 Å². The van der Waals surface area contributed by atoms with Gasteiger partial charge in [0.05, 0.1) is 12.4 Å². The lowest BCUT2D eigenvalue weighted by Crippen LogP contribution is -2.57. The van der Waals surface area contributed by atoms with Crippen molar-refractivity contribution in [2.24, 2.45) is 22.2 Å². The van der Waals surface area contributed by atoms with Crippen LogP contribution >= 0.6 is 0 Å². The highest BCUT2D eigenvalue weighted by molar-refractivity contribution is 5.93. The van der Waals surface area contributed by atoms with Gasteiger partial charge in [0.2, 0.25) is 17.7 Å². The number of aromatic hydroxyl groups is 1. The topological polar surface area (TPSA) is 264 Å². The maximum atomic E-state index is 13.2. The molecule has 3 atom stereocenters. The lowest BCUT2D eigenvalue weighted by atomic mass is 10.0. The highest BCUT2D eigenvalue weighted by Crippen LogP contribution is 2.11. The number of H-pyrrole nitrogens is 1.